The van der Waals surface area contributed by atoms with E-state index in [4.69, 9.17) is 39.5 Å². The number of carbonyl (C=O) groups excluding carboxylic acids is 1. The SMILES string of the molecule is COCC(=O)N1N=C(c2c(-c3ccccc3)c3cc(Cl)ccc3[nH]c2=O)C[C@H]1c1ccc(Cl)c(Cl)c1. The van der Waals surface area contributed by atoms with Crippen LogP contribution in [-0.4, -0.2) is 35.3 Å². The van der Waals surface area contributed by atoms with Crippen molar-refractivity contribution in [1.82, 2.24) is 9.99 Å². The van der Waals surface area contributed by atoms with Crippen LogP contribution in [0.2, 0.25) is 15.1 Å². The van der Waals surface area contributed by atoms with Crippen molar-refractivity contribution in [2.45, 2.75) is 12.5 Å². The molecule has 0 saturated heterocycles. The van der Waals surface area contributed by atoms with Crippen LogP contribution in [0.5, 0.6) is 0 Å². The minimum Gasteiger partial charge on any atom is -0.375 e. The number of hydrogen-bond acceptors (Lipinski definition) is 4. The lowest BCUT2D eigenvalue weighted by molar-refractivity contribution is -0.137. The number of H-pyrrole nitrogens is 1. The van der Waals surface area contributed by atoms with Crippen LogP contribution in [0.3, 0.4) is 0 Å². The highest BCUT2D eigenvalue weighted by Crippen LogP contribution is 2.38. The van der Waals surface area contributed by atoms with Crippen molar-refractivity contribution in [3.05, 3.63) is 103 Å². The molecule has 9 heteroatoms. The summed E-state index contributed by atoms with van der Waals surface area (Å²) in [4.78, 5) is 29.4. The van der Waals surface area contributed by atoms with Crippen molar-refractivity contribution in [2.24, 2.45) is 5.10 Å². The van der Waals surface area contributed by atoms with E-state index in [-0.39, 0.29) is 18.1 Å². The zero-order valence-corrected chi connectivity index (χ0v) is 21.4. The highest BCUT2D eigenvalue weighted by Gasteiger charge is 2.35. The molecule has 2 heterocycles. The van der Waals surface area contributed by atoms with Gasteiger partial charge in [-0.25, -0.2) is 5.01 Å². The number of aromatic nitrogens is 1. The Morgan fingerprint density at radius 1 is 1.03 bits per heavy atom. The second-order valence-electron chi connectivity index (χ2n) is 8.37. The first kappa shape index (κ1) is 24.5. The number of pyridine rings is 1. The average molecular weight is 541 g/mol. The largest absolute Gasteiger partial charge is 0.375 e. The summed E-state index contributed by atoms with van der Waals surface area (Å²) in [5.41, 5.74) is 3.47. The van der Waals surface area contributed by atoms with E-state index in [1.54, 1.807) is 30.3 Å². The van der Waals surface area contributed by atoms with Crippen LogP contribution >= 0.6 is 34.8 Å². The van der Waals surface area contributed by atoms with Gasteiger partial charge in [-0.1, -0.05) is 71.2 Å². The maximum atomic E-state index is 13.5. The molecule has 0 unspecified atom stereocenters. The molecule has 3 aromatic carbocycles. The fourth-order valence-corrected chi connectivity index (χ4v) is 4.98. The number of hydrazone groups is 1. The Hall–Kier alpha value is -3.16. The lowest BCUT2D eigenvalue weighted by Crippen LogP contribution is -2.30. The van der Waals surface area contributed by atoms with Crippen LogP contribution in [-0.2, 0) is 9.53 Å². The maximum Gasteiger partial charge on any atom is 0.269 e. The van der Waals surface area contributed by atoms with Crippen molar-refractivity contribution in [1.29, 1.82) is 0 Å². The summed E-state index contributed by atoms with van der Waals surface area (Å²) in [7, 11) is 1.44. The molecule has 1 amide bonds. The fraction of sp³-hybridized carbons (Fsp3) is 0.148. The fourth-order valence-electron chi connectivity index (χ4n) is 4.51. The molecule has 4 aromatic rings. The van der Waals surface area contributed by atoms with Crippen LogP contribution in [0.4, 0.5) is 0 Å². The minimum absolute atomic E-state index is 0.163. The number of benzene rings is 3. The quantitative estimate of drug-likeness (QED) is 0.315. The van der Waals surface area contributed by atoms with Crippen molar-refractivity contribution < 1.29 is 9.53 Å². The third kappa shape index (κ3) is 4.53. The van der Waals surface area contributed by atoms with Gasteiger partial charge in [0.05, 0.1) is 27.4 Å². The number of amides is 1. The maximum absolute atomic E-state index is 13.5. The van der Waals surface area contributed by atoms with E-state index in [2.05, 4.69) is 10.1 Å². The van der Waals surface area contributed by atoms with Gasteiger partial charge in [-0.05, 0) is 41.5 Å². The van der Waals surface area contributed by atoms with Gasteiger partial charge in [-0.2, -0.15) is 5.10 Å². The first-order valence-corrected chi connectivity index (χ1v) is 12.3. The minimum atomic E-state index is -0.490. The number of aromatic amines is 1. The molecule has 1 N–H and O–H groups in total. The summed E-state index contributed by atoms with van der Waals surface area (Å²) in [5, 5.41) is 8.10. The highest BCUT2D eigenvalue weighted by atomic mass is 35.5. The summed E-state index contributed by atoms with van der Waals surface area (Å²) < 4.78 is 5.08. The second-order valence-corrected chi connectivity index (χ2v) is 9.62. The molecule has 182 valence electrons. The molecule has 1 aromatic heterocycles. The number of halogens is 3. The molecular formula is C27H20Cl3N3O3. The molecule has 36 heavy (non-hydrogen) atoms. The number of carbonyl (C=O) groups is 1. The van der Waals surface area contributed by atoms with Gasteiger partial charge in [0.15, 0.2) is 0 Å². The second kappa shape index (κ2) is 10.1. The van der Waals surface area contributed by atoms with E-state index in [0.29, 0.717) is 43.8 Å². The number of ether oxygens (including phenoxy) is 1. The number of methoxy groups -OCH3 is 1. The smallest absolute Gasteiger partial charge is 0.269 e. The molecule has 0 bridgehead atoms. The Kier molecular flexibility index (Phi) is 6.86. The Balaban J connectivity index is 1.73. The van der Waals surface area contributed by atoms with Crippen molar-refractivity contribution in [2.75, 3.05) is 13.7 Å². The summed E-state index contributed by atoms with van der Waals surface area (Å²) in [6.07, 6.45) is 0.294. The van der Waals surface area contributed by atoms with Crippen LogP contribution in [0.25, 0.3) is 22.0 Å². The number of rotatable bonds is 5. The first-order chi connectivity index (χ1) is 17.4. The molecule has 1 aliphatic heterocycles. The van der Waals surface area contributed by atoms with Gasteiger partial charge in [-0.15, -0.1) is 0 Å². The van der Waals surface area contributed by atoms with E-state index in [1.807, 2.05) is 36.4 Å². The molecule has 0 fully saturated rings. The normalized spacial score (nSPS) is 15.4. The first-order valence-electron chi connectivity index (χ1n) is 11.1. The van der Waals surface area contributed by atoms with Gasteiger partial charge in [0.1, 0.15) is 6.61 Å². The molecular weight excluding hydrogens is 521 g/mol. The Morgan fingerprint density at radius 3 is 2.53 bits per heavy atom. The third-order valence-electron chi connectivity index (χ3n) is 6.09. The van der Waals surface area contributed by atoms with E-state index in [0.717, 1.165) is 16.5 Å². The molecule has 1 atom stereocenters. The monoisotopic (exact) mass is 539 g/mol. The zero-order valence-electron chi connectivity index (χ0n) is 19.1. The molecule has 6 nitrogen and oxygen atoms in total. The molecule has 1 aliphatic rings. The average Bonchev–Trinajstić information content (AvgIpc) is 3.31. The van der Waals surface area contributed by atoms with Crippen LogP contribution in [0, 0.1) is 0 Å². The number of fused-ring (bicyclic) bond motifs is 1. The van der Waals surface area contributed by atoms with Crippen LogP contribution < -0.4 is 5.56 Å². The van der Waals surface area contributed by atoms with Crippen molar-refractivity contribution in [3.8, 4) is 11.1 Å². The van der Waals surface area contributed by atoms with Gasteiger partial charge < -0.3 is 9.72 Å². The lowest BCUT2D eigenvalue weighted by Gasteiger charge is -2.22. The van der Waals surface area contributed by atoms with Gasteiger partial charge in [0.2, 0.25) is 0 Å². The molecule has 5 rings (SSSR count). The Morgan fingerprint density at radius 2 is 1.81 bits per heavy atom. The van der Waals surface area contributed by atoms with E-state index < -0.39 is 6.04 Å². The Bertz CT molecular complexity index is 1570. The molecule has 0 aliphatic carbocycles. The van der Waals surface area contributed by atoms with Gasteiger partial charge in [0.25, 0.3) is 11.5 Å². The summed E-state index contributed by atoms with van der Waals surface area (Å²) in [6.45, 7) is -0.163. The van der Waals surface area contributed by atoms with E-state index >= 15 is 0 Å². The van der Waals surface area contributed by atoms with Crippen molar-refractivity contribution in [3.63, 3.8) is 0 Å². The zero-order chi connectivity index (χ0) is 25.4. The van der Waals surface area contributed by atoms with Gasteiger partial charge in [-0.3, -0.25) is 9.59 Å². The van der Waals surface area contributed by atoms with Crippen molar-refractivity contribution >= 4 is 57.3 Å². The summed E-state index contributed by atoms with van der Waals surface area (Å²) in [6, 6.07) is 19.6. The predicted molar refractivity (Wildman–Crippen MR) is 144 cm³/mol. The van der Waals surface area contributed by atoms with Crippen LogP contribution in [0.15, 0.2) is 76.6 Å². The van der Waals surface area contributed by atoms with Gasteiger partial charge in [0, 0.05) is 35.0 Å². The van der Waals surface area contributed by atoms with E-state index in [1.165, 1.54) is 12.1 Å². The molecule has 0 radical (unpaired) electrons. The third-order valence-corrected chi connectivity index (χ3v) is 7.06. The number of nitrogens with one attached hydrogen (secondary N) is 1. The number of nitrogens with zero attached hydrogens (tertiary/aromatic N) is 2. The highest BCUT2D eigenvalue weighted by molar-refractivity contribution is 6.42. The topological polar surface area (TPSA) is 74.8 Å². The molecule has 0 saturated carbocycles. The Labute approximate surface area is 222 Å². The van der Waals surface area contributed by atoms with Gasteiger partial charge >= 0.3 is 0 Å². The standard InChI is InChI=1S/C27H20Cl3N3O3/c1-36-14-24(34)33-23(16-7-9-19(29)20(30)11-16)13-22(32-33)26-25(15-5-3-2-4-6-15)18-12-17(28)8-10-21(18)31-27(26)35/h2-12,23H,13-14H2,1H3,(H,31,35)/t23-/m0/s1. The van der Waals surface area contributed by atoms with Crippen LogP contribution in [0.1, 0.15) is 23.6 Å². The lowest BCUT2D eigenvalue weighted by atomic mass is 9.91. The summed E-state index contributed by atoms with van der Waals surface area (Å²) in [5.74, 6) is -0.343. The predicted octanol–water partition coefficient (Wildman–Crippen LogP) is 6.48. The number of hydrogen-bond donors (Lipinski definition) is 1. The molecule has 0 spiro atoms. The van der Waals surface area contributed by atoms with E-state index in [9.17, 15) is 9.59 Å². The summed E-state index contributed by atoms with van der Waals surface area (Å²) >= 11 is 18.7.